The molecule has 0 aliphatic heterocycles. The number of thiocarbonyl (C=S) groups is 1. The molecule has 0 unspecified atom stereocenters. The first-order valence-electron chi connectivity index (χ1n) is 6.99. The van der Waals surface area contributed by atoms with Crippen LogP contribution in [0.5, 0.6) is 0 Å². The summed E-state index contributed by atoms with van der Waals surface area (Å²) in [4.78, 5) is 0.000000000000000222. The molecular formula is C6H13NS2. The van der Waals surface area contributed by atoms with Gasteiger partial charge in [-0.05, 0) is 20.0 Å². The fourth-order valence-electron chi connectivity index (χ4n) is 0.211. The average molecular weight is 173 g/mol. The van der Waals surface area contributed by atoms with Crippen LogP contribution in [0.15, 0.2) is 0 Å². The van der Waals surface area contributed by atoms with Gasteiger partial charge in [0.25, 0.3) is 0 Å². The van der Waals surface area contributed by atoms with E-state index in [9.17, 15) is 0 Å². The maximum absolute atomic E-state index is 7.54. The van der Waals surface area contributed by atoms with E-state index in [1.165, 1.54) is 6.26 Å². The minimum atomic E-state index is -3.26. The highest BCUT2D eigenvalue weighted by Gasteiger charge is 2.00. The van der Waals surface area contributed by atoms with E-state index >= 15 is 0 Å². The molecule has 0 aromatic carbocycles. The van der Waals surface area contributed by atoms with Gasteiger partial charge < -0.3 is 4.90 Å². The Labute approximate surface area is 80.9 Å². The van der Waals surface area contributed by atoms with Gasteiger partial charge in [-0.2, -0.15) is 0 Å². The van der Waals surface area contributed by atoms with Crippen molar-refractivity contribution in [1.29, 1.82) is 0 Å². The van der Waals surface area contributed by atoms with Crippen LogP contribution in [0.3, 0.4) is 0 Å². The van der Waals surface area contributed by atoms with Gasteiger partial charge in [0.1, 0.15) is 4.32 Å². The van der Waals surface area contributed by atoms with E-state index in [2.05, 4.69) is 0 Å². The van der Waals surface area contributed by atoms with E-state index in [-0.39, 0.29) is 4.90 Å². The third-order valence-electron chi connectivity index (χ3n) is 0.581. The van der Waals surface area contributed by atoms with E-state index in [1.54, 1.807) is 0 Å². The van der Waals surface area contributed by atoms with Crippen molar-refractivity contribution in [3.05, 3.63) is 0 Å². The molecule has 0 fully saturated rings. The molecule has 0 aromatic rings. The summed E-state index contributed by atoms with van der Waals surface area (Å²) in [6, 6.07) is 0. The Hall–Kier alpha value is 0.240. The molecule has 0 bridgehead atoms. The second-order valence-electron chi connectivity index (χ2n) is 1.03. The number of hydrogen-bond acceptors (Lipinski definition) is 2. The lowest BCUT2D eigenvalue weighted by atomic mass is 10.6. The molecule has 0 amide bonds. The van der Waals surface area contributed by atoms with Crippen LogP contribution < -0.4 is 0 Å². The summed E-state index contributed by atoms with van der Waals surface area (Å²) >= 11 is 5.42. The summed E-state index contributed by atoms with van der Waals surface area (Å²) in [7, 11) is 0. The highest BCUT2D eigenvalue weighted by atomic mass is 32.2. The Morgan fingerprint density at radius 2 is 2.33 bits per heavy atom. The third kappa shape index (κ3) is 3.06. The molecule has 0 saturated heterocycles. The summed E-state index contributed by atoms with van der Waals surface area (Å²) in [5, 5.41) is 0. The van der Waals surface area contributed by atoms with Crippen LogP contribution in [-0.4, -0.2) is 28.5 Å². The summed E-state index contributed by atoms with van der Waals surface area (Å²) in [5.41, 5.74) is 0. The zero-order valence-electron chi connectivity index (χ0n) is 14.8. The normalized spacial score (nSPS) is 31.7. The second-order valence-corrected chi connectivity index (χ2v) is 2.47. The van der Waals surface area contributed by atoms with Crippen LogP contribution in [0.4, 0.5) is 0 Å². The standard InChI is InChI=1S/C6H13NS2/c1-4-7(5-2)6(8)9-3/h4-5H2,1-3H3/i1D3,2D3,4D2,5D2. The lowest BCUT2D eigenvalue weighted by molar-refractivity contribution is 0.482. The van der Waals surface area contributed by atoms with Crippen molar-refractivity contribution in [3.63, 3.8) is 0 Å². The van der Waals surface area contributed by atoms with Gasteiger partial charge in [-0.25, -0.2) is 0 Å². The molecule has 9 heavy (non-hydrogen) atoms. The first-order chi connectivity index (χ1) is 8.10. The molecule has 54 valence electrons. The SMILES string of the molecule is [2H]C([2H])([2H])C([2H])([2H])N(C(=S)SC)C([2H])([2H])C([2H])([2H])[2H]. The molecule has 0 rings (SSSR count). The highest BCUT2D eigenvalue weighted by Crippen LogP contribution is 2.03. The minimum Gasteiger partial charge on any atom is -0.358 e. The molecule has 0 saturated carbocycles. The Morgan fingerprint density at radius 1 is 1.78 bits per heavy atom. The van der Waals surface area contributed by atoms with Crippen molar-refractivity contribution < 1.29 is 13.7 Å². The molecule has 0 aliphatic rings. The van der Waals surface area contributed by atoms with Gasteiger partial charge in [0.15, 0.2) is 0 Å². The molecule has 3 heteroatoms. The van der Waals surface area contributed by atoms with Crippen LogP contribution in [-0.2, 0) is 0 Å². The predicted molar refractivity (Wildman–Crippen MR) is 49.0 cm³/mol. The molecule has 0 aliphatic carbocycles. The van der Waals surface area contributed by atoms with Gasteiger partial charge in [0.2, 0.25) is 0 Å². The van der Waals surface area contributed by atoms with Crippen LogP contribution in [0, 0.1) is 0 Å². The molecule has 1 nitrogen and oxygen atoms in total. The van der Waals surface area contributed by atoms with Crippen molar-refractivity contribution in [2.24, 2.45) is 0 Å². The molecule has 0 spiro atoms. The molecule has 0 radical (unpaired) electrons. The number of rotatable bonds is 2. The minimum absolute atomic E-state index is 0.000000000000000222. The van der Waals surface area contributed by atoms with E-state index in [0.29, 0.717) is 11.8 Å². The Kier molecular flexibility index (Phi) is 1.06. The number of nitrogens with zero attached hydrogens (tertiary/aromatic N) is 1. The first-order valence-corrected chi connectivity index (χ1v) is 3.62. The summed E-state index contributed by atoms with van der Waals surface area (Å²) in [6.07, 6.45) is 1.38. The van der Waals surface area contributed by atoms with E-state index < -0.39 is 31.0 Å². The van der Waals surface area contributed by atoms with E-state index in [1.807, 2.05) is 0 Å². The molecule has 0 atom stereocenters. The third-order valence-corrected chi connectivity index (χ3v) is 1.80. The van der Waals surface area contributed by atoms with Crippen LogP contribution in [0.2, 0.25) is 0 Å². The largest absolute Gasteiger partial charge is 0.358 e. The Balaban J connectivity index is 5.95. The van der Waals surface area contributed by atoms with Crippen molar-refractivity contribution >= 4 is 28.3 Å². The molecule has 0 N–H and O–H groups in total. The number of thioether (sulfide) groups is 1. The first kappa shape index (κ1) is 1.89. The fourth-order valence-corrected chi connectivity index (χ4v) is 0.576. The monoisotopic (exact) mass is 173 g/mol. The fraction of sp³-hybridized carbons (Fsp3) is 0.833. The van der Waals surface area contributed by atoms with Gasteiger partial charge in [-0.1, -0.05) is 12.2 Å². The smallest absolute Gasteiger partial charge is 0.136 e. The summed E-state index contributed by atoms with van der Waals surface area (Å²) in [6.45, 7) is -13.0. The lowest BCUT2D eigenvalue weighted by Crippen LogP contribution is -2.26. The van der Waals surface area contributed by atoms with Crippen molar-refractivity contribution in [1.82, 2.24) is 4.90 Å². The molecular weight excluding hydrogens is 150 g/mol. The zero-order valence-corrected chi connectivity index (χ0v) is 6.40. The quantitative estimate of drug-likeness (QED) is 0.588. The van der Waals surface area contributed by atoms with Gasteiger partial charge in [0, 0.05) is 26.7 Å². The number of hydrogen-bond donors (Lipinski definition) is 0. The Bertz CT molecular complexity index is 319. The van der Waals surface area contributed by atoms with Gasteiger partial charge in [-0.3, -0.25) is 0 Å². The predicted octanol–water partition coefficient (Wildman–Crippen LogP) is 1.98. The van der Waals surface area contributed by atoms with Crippen LogP contribution in [0.25, 0.3) is 0 Å². The van der Waals surface area contributed by atoms with Gasteiger partial charge in [0.05, 0.1) is 0 Å². The zero-order chi connectivity index (χ0) is 15.9. The summed E-state index contributed by atoms with van der Waals surface area (Å²) in [5.74, 6) is 0. The van der Waals surface area contributed by atoms with Gasteiger partial charge >= 0.3 is 0 Å². The van der Waals surface area contributed by atoms with Crippen LogP contribution >= 0.6 is 24.0 Å². The molecule has 0 heterocycles. The van der Waals surface area contributed by atoms with Crippen molar-refractivity contribution in [2.75, 3.05) is 19.2 Å². The van der Waals surface area contributed by atoms with Crippen molar-refractivity contribution in [2.45, 2.75) is 13.7 Å². The second kappa shape index (κ2) is 5.06. The van der Waals surface area contributed by atoms with Crippen LogP contribution in [0.1, 0.15) is 27.4 Å². The van der Waals surface area contributed by atoms with E-state index in [4.69, 9.17) is 25.9 Å². The maximum Gasteiger partial charge on any atom is 0.136 e. The topological polar surface area (TPSA) is 3.24 Å². The van der Waals surface area contributed by atoms with Gasteiger partial charge in [-0.15, -0.1) is 11.8 Å². The highest BCUT2D eigenvalue weighted by molar-refractivity contribution is 8.22. The maximum atomic E-state index is 7.54. The summed E-state index contributed by atoms with van der Waals surface area (Å²) < 4.78 is 72.4. The lowest BCUT2D eigenvalue weighted by Gasteiger charge is -2.19. The molecule has 0 aromatic heterocycles. The average Bonchev–Trinajstić information content (AvgIpc) is 2.12. The Morgan fingerprint density at radius 3 is 2.67 bits per heavy atom. The van der Waals surface area contributed by atoms with E-state index in [0.717, 1.165) is 0 Å². The van der Waals surface area contributed by atoms with Crippen molar-refractivity contribution in [3.8, 4) is 0 Å².